The molecule has 4 bridgehead atoms. The molecule has 2 atom stereocenters. The molecule has 11 rings (SSSR count). The third-order valence-corrected chi connectivity index (χ3v) is 12.9. The van der Waals surface area contributed by atoms with Crippen molar-refractivity contribution in [3.63, 3.8) is 0 Å². The van der Waals surface area contributed by atoms with Crippen LogP contribution in [0.4, 0.5) is 0 Å². The van der Waals surface area contributed by atoms with Crippen LogP contribution in [0.2, 0.25) is 0 Å². The Kier molecular flexibility index (Phi) is 6.54. The Balaban J connectivity index is 1.04. The fourth-order valence-corrected chi connectivity index (χ4v) is 11.2. The number of hydrogen-bond donors (Lipinski definition) is 0. The fourth-order valence-electron chi connectivity index (χ4n) is 11.2. The zero-order valence-corrected chi connectivity index (χ0v) is 28.1. The van der Waals surface area contributed by atoms with Crippen molar-refractivity contribution >= 4 is 6.08 Å². The summed E-state index contributed by atoms with van der Waals surface area (Å²) < 4.78 is 0. The van der Waals surface area contributed by atoms with Gasteiger partial charge in [-0.25, -0.2) is 0 Å². The Morgan fingerprint density at radius 1 is 0.490 bits per heavy atom. The molecule has 0 spiro atoms. The van der Waals surface area contributed by atoms with Gasteiger partial charge in [-0.15, -0.1) is 0 Å². The van der Waals surface area contributed by atoms with Crippen molar-refractivity contribution in [1.29, 1.82) is 0 Å². The van der Waals surface area contributed by atoms with Gasteiger partial charge in [0, 0.05) is 5.92 Å². The molecule has 4 fully saturated rings. The van der Waals surface area contributed by atoms with Gasteiger partial charge in [-0.2, -0.15) is 0 Å². The fraction of sp³-hybridized carbons (Fsp3) is 0.224. The molecule has 0 aliphatic heterocycles. The molecule has 5 aliphatic carbocycles. The van der Waals surface area contributed by atoms with E-state index in [2.05, 4.69) is 152 Å². The smallest absolute Gasteiger partial charge is 0.0352 e. The summed E-state index contributed by atoms with van der Waals surface area (Å²) in [6.45, 7) is 4.00. The van der Waals surface area contributed by atoms with Gasteiger partial charge in [0.2, 0.25) is 0 Å². The predicted molar refractivity (Wildman–Crippen MR) is 205 cm³/mol. The molecule has 6 aromatic rings. The molecule has 0 saturated heterocycles. The summed E-state index contributed by atoms with van der Waals surface area (Å²) >= 11 is 0. The van der Waals surface area contributed by atoms with Crippen LogP contribution < -0.4 is 0 Å². The first-order valence-electron chi connectivity index (χ1n) is 18.3. The van der Waals surface area contributed by atoms with Crippen molar-refractivity contribution in [2.45, 2.75) is 55.3 Å². The van der Waals surface area contributed by atoms with Crippen molar-refractivity contribution in [2.24, 2.45) is 11.8 Å². The minimum atomic E-state index is 0.236. The quantitative estimate of drug-likeness (QED) is 0.171. The van der Waals surface area contributed by atoms with Crippen LogP contribution in [0.5, 0.6) is 0 Å². The van der Waals surface area contributed by atoms with Gasteiger partial charge in [0.1, 0.15) is 0 Å². The van der Waals surface area contributed by atoms with E-state index in [-0.39, 0.29) is 5.92 Å². The van der Waals surface area contributed by atoms with E-state index in [1.807, 2.05) is 6.08 Å². The van der Waals surface area contributed by atoms with E-state index in [0.717, 1.165) is 11.8 Å². The minimum absolute atomic E-state index is 0.236. The number of rotatable bonds is 6. The highest BCUT2D eigenvalue weighted by atomic mass is 14.6. The van der Waals surface area contributed by atoms with E-state index in [9.17, 15) is 0 Å². The topological polar surface area (TPSA) is 0 Å². The molecule has 2 unspecified atom stereocenters. The van der Waals surface area contributed by atoms with Crippen LogP contribution in [-0.4, -0.2) is 0 Å². The molecular weight excluding hydrogens is 589 g/mol. The first-order chi connectivity index (χ1) is 24.1. The Morgan fingerprint density at radius 2 is 0.959 bits per heavy atom. The van der Waals surface area contributed by atoms with Crippen molar-refractivity contribution in [2.75, 3.05) is 0 Å². The molecule has 0 radical (unpaired) electrons. The zero-order chi connectivity index (χ0) is 32.6. The van der Waals surface area contributed by atoms with Gasteiger partial charge < -0.3 is 0 Å². The Hall–Kier alpha value is -4.94. The second-order valence-electron chi connectivity index (χ2n) is 15.7. The maximum Gasteiger partial charge on any atom is 0.0352 e. The van der Waals surface area contributed by atoms with E-state index in [1.165, 1.54) is 94.2 Å². The Labute approximate surface area is 291 Å². The van der Waals surface area contributed by atoms with Crippen LogP contribution in [0, 0.1) is 11.8 Å². The van der Waals surface area contributed by atoms with Crippen molar-refractivity contribution in [3.05, 3.63) is 186 Å². The summed E-state index contributed by atoms with van der Waals surface area (Å²) in [7, 11) is 0. The summed E-state index contributed by atoms with van der Waals surface area (Å²) in [5.74, 6) is 1.91. The van der Waals surface area contributed by atoms with Crippen molar-refractivity contribution < 1.29 is 0 Å². The summed E-state index contributed by atoms with van der Waals surface area (Å²) in [6, 6.07) is 55.4. The normalized spacial score (nSPS) is 24.8. The van der Waals surface area contributed by atoms with Crippen LogP contribution in [0.25, 0.3) is 39.5 Å². The van der Waals surface area contributed by atoms with E-state index in [1.54, 1.807) is 11.1 Å². The molecule has 0 heterocycles. The second-order valence-corrected chi connectivity index (χ2v) is 15.7. The van der Waals surface area contributed by atoms with Crippen LogP contribution in [0.15, 0.2) is 152 Å². The highest BCUT2D eigenvalue weighted by molar-refractivity contribution is 5.87. The monoisotopic (exact) mass is 630 g/mol. The predicted octanol–water partition coefficient (Wildman–Crippen LogP) is 12.6. The highest BCUT2D eigenvalue weighted by Crippen LogP contribution is 2.66. The van der Waals surface area contributed by atoms with Gasteiger partial charge in [-0.3, -0.25) is 0 Å². The molecular formula is C49H42. The lowest BCUT2D eigenvalue weighted by Gasteiger charge is -2.63. The summed E-state index contributed by atoms with van der Waals surface area (Å²) in [5.41, 5.74) is 17.1. The lowest BCUT2D eigenvalue weighted by atomic mass is 9.41. The molecule has 49 heavy (non-hydrogen) atoms. The number of hydrogen-bond acceptors (Lipinski definition) is 0. The van der Waals surface area contributed by atoms with Gasteiger partial charge in [-0.1, -0.05) is 146 Å². The maximum absolute atomic E-state index is 4.00. The number of benzene rings is 6. The first kappa shape index (κ1) is 29.0. The molecule has 4 saturated carbocycles. The third kappa shape index (κ3) is 4.64. The molecule has 6 aromatic carbocycles. The molecule has 0 amide bonds. The molecule has 5 aliphatic rings. The van der Waals surface area contributed by atoms with Crippen LogP contribution in [0.3, 0.4) is 0 Å². The summed E-state index contributed by atoms with van der Waals surface area (Å²) in [5, 5.41) is 0. The maximum atomic E-state index is 4.00. The lowest BCUT2D eigenvalue weighted by molar-refractivity contribution is -0.0281. The van der Waals surface area contributed by atoms with Gasteiger partial charge in [0.05, 0.1) is 0 Å². The van der Waals surface area contributed by atoms with E-state index in [0.29, 0.717) is 10.8 Å². The molecule has 0 N–H and O–H groups in total. The Bertz CT molecular complexity index is 2080. The van der Waals surface area contributed by atoms with Gasteiger partial charge in [-0.05, 0) is 140 Å². The average molecular weight is 631 g/mol. The zero-order valence-electron chi connectivity index (χ0n) is 28.1. The third-order valence-electron chi connectivity index (χ3n) is 12.9. The lowest BCUT2D eigenvalue weighted by Crippen LogP contribution is -2.55. The van der Waals surface area contributed by atoms with Crippen LogP contribution in [-0.2, 0) is 10.8 Å². The van der Waals surface area contributed by atoms with Gasteiger partial charge in [0.25, 0.3) is 0 Å². The van der Waals surface area contributed by atoms with E-state index in [4.69, 9.17) is 0 Å². The van der Waals surface area contributed by atoms with Crippen LogP contribution in [0.1, 0.15) is 77.8 Å². The minimum Gasteiger partial charge on any atom is -0.0985 e. The van der Waals surface area contributed by atoms with Crippen LogP contribution >= 0.6 is 0 Å². The number of fused-ring (bicyclic) bond motifs is 3. The highest BCUT2D eigenvalue weighted by Gasteiger charge is 2.58. The SMILES string of the molecule is C=Cc1ccc(C23CC4CC(C2)CC(c2ccc(C5c6ccc(-c7ccccc7)cc6-c6cc(-c7ccccc7)ccc65)cc2)(C4)C3)cc1. The van der Waals surface area contributed by atoms with Crippen molar-refractivity contribution in [3.8, 4) is 33.4 Å². The molecule has 0 heteroatoms. The first-order valence-corrected chi connectivity index (χ1v) is 18.3. The molecule has 0 nitrogen and oxygen atoms in total. The largest absolute Gasteiger partial charge is 0.0985 e. The van der Waals surface area contributed by atoms with E-state index < -0.39 is 0 Å². The molecule has 0 aromatic heterocycles. The van der Waals surface area contributed by atoms with Crippen molar-refractivity contribution in [1.82, 2.24) is 0 Å². The summed E-state index contributed by atoms with van der Waals surface area (Å²) in [4.78, 5) is 0. The van der Waals surface area contributed by atoms with E-state index >= 15 is 0 Å². The molecule has 238 valence electrons. The van der Waals surface area contributed by atoms with Gasteiger partial charge in [0.15, 0.2) is 0 Å². The average Bonchev–Trinajstić information content (AvgIpc) is 3.48. The van der Waals surface area contributed by atoms with Gasteiger partial charge >= 0.3 is 0 Å². The summed E-state index contributed by atoms with van der Waals surface area (Å²) in [6.07, 6.45) is 10.1. The Morgan fingerprint density at radius 3 is 1.43 bits per heavy atom. The standard InChI is InChI=1S/C49H42/c1-2-33-13-19-41(20-14-33)48-28-34-25-35(29-48)31-49(30-34,32-48)42-21-15-38(16-22-42)47-43-23-17-39(36-9-5-3-6-10-36)26-45(43)46-27-40(18-24-44(46)47)37-11-7-4-8-12-37/h2-24,26-27,34-35,47H,1,25,28-32H2. The second kappa shape index (κ2) is 11.0.